The fraction of sp³-hybridized carbons (Fsp3) is 0.214. The molecule has 0 saturated heterocycles. The summed E-state index contributed by atoms with van der Waals surface area (Å²) in [5.74, 6) is 1.45. The standard InChI is InChI=1S/C28H25NO7/c1-33-23-8-4-5-9-24(23)34-15-14-29-22-7-3-2-6-21(22)28(32,27(29)31)17-20(30)12-10-19-11-13-25-26(16-19)36-18-35-25/h2-13,16,32H,14-15,17-18H2,1H3. The van der Waals surface area contributed by atoms with Crippen LogP contribution in [-0.2, 0) is 15.2 Å². The molecule has 3 aromatic rings. The van der Waals surface area contributed by atoms with Crippen molar-refractivity contribution in [3.8, 4) is 23.0 Å². The number of benzene rings is 3. The number of methoxy groups -OCH3 is 1. The number of amides is 1. The van der Waals surface area contributed by atoms with Gasteiger partial charge in [-0.05, 0) is 42.0 Å². The Balaban J connectivity index is 1.29. The molecule has 184 valence electrons. The van der Waals surface area contributed by atoms with Gasteiger partial charge in [0.05, 0.1) is 25.8 Å². The van der Waals surface area contributed by atoms with E-state index in [2.05, 4.69) is 0 Å². The molecule has 1 atom stereocenters. The number of allylic oxidation sites excluding steroid dienone is 1. The number of carbonyl (C=O) groups is 2. The van der Waals surface area contributed by atoms with E-state index >= 15 is 0 Å². The van der Waals surface area contributed by atoms with Crippen LogP contribution in [0.1, 0.15) is 17.5 Å². The van der Waals surface area contributed by atoms with Crippen molar-refractivity contribution in [3.05, 3.63) is 83.9 Å². The van der Waals surface area contributed by atoms with Gasteiger partial charge in [0.1, 0.15) is 6.61 Å². The smallest absolute Gasteiger partial charge is 0.264 e. The van der Waals surface area contributed by atoms with Crippen molar-refractivity contribution in [3.63, 3.8) is 0 Å². The molecule has 36 heavy (non-hydrogen) atoms. The Kier molecular flexibility index (Phi) is 6.35. The summed E-state index contributed by atoms with van der Waals surface area (Å²) >= 11 is 0. The number of aliphatic hydroxyl groups is 1. The van der Waals surface area contributed by atoms with Crippen molar-refractivity contribution < 1.29 is 33.6 Å². The molecule has 0 saturated carbocycles. The molecule has 0 aliphatic carbocycles. The Morgan fingerprint density at radius 1 is 1.06 bits per heavy atom. The largest absolute Gasteiger partial charge is 0.493 e. The summed E-state index contributed by atoms with van der Waals surface area (Å²) in [6, 6.07) is 19.5. The van der Waals surface area contributed by atoms with Crippen molar-refractivity contribution in [2.45, 2.75) is 12.0 Å². The van der Waals surface area contributed by atoms with E-state index in [0.717, 1.165) is 5.56 Å². The first-order valence-corrected chi connectivity index (χ1v) is 11.5. The fourth-order valence-corrected chi connectivity index (χ4v) is 4.40. The Morgan fingerprint density at radius 3 is 2.64 bits per heavy atom. The van der Waals surface area contributed by atoms with E-state index in [1.807, 2.05) is 12.1 Å². The van der Waals surface area contributed by atoms with Gasteiger partial charge in [-0.15, -0.1) is 0 Å². The second kappa shape index (κ2) is 9.75. The molecule has 5 rings (SSSR count). The van der Waals surface area contributed by atoms with E-state index < -0.39 is 11.5 Å². The topological polar surface area (TPSA) is 94.5 Å². The van der Waals surface area contributed by atoms with Crippen LogP contribution in [0.15, 0.2) is 72.8 Å². The lowest BCUT2D eigenvalue weighted by molar-refractivity contribution is -0.140. The number of hydrogen-bond acceptors (Lipinski definition) is 7. The second-order valence-electron chi connectivity index (χ2n) is 8.42. The first-order valence-electron chi connectivity index (χ1n) is 11.5. The van der Waals surface area contributed by atoms with E-state index in [1.165, 1.54) is 11.0 Å². The van der Waals surface area contributed by atoms with Gasteiger partial charge < -0.3 is 29.0 Å². The van der Waals surface area contributed by atoms with Crippen LogP contribution in [0.5, 0.6) is 23.0 Å². The van der Waals surface area contributed by atoms with Gasteiger partial charge in [-0.25, -0.2) is 0 Å². The Bertz CT molecular complexity index is 1330. The molecule has 0 bridgehead atoms. The van der Waals surface area contributed by atoms with Crippen molar-refractivity contribution in [2.75, 3.05) is 32.0 Å². The molecule has 3 aromatic carbocycles. The molecular weight excluding hydrogens is 462 g/mol. The van der Waals surface area contributed by atoms with Crippen LogP contribution < -0.4 is 23.8 Å². The van der Waals surface area contributed by atoms with E-state index in [1.54, 1.807) is 67.8 Å². The van der Waals surface area contributed by atoms with Gasteiger partial charge in [-0.3, -0.25) is 9.59 Å². The summed E-state index contributed by atoms with van der Waals surface area (Å²) in [7, 11) is 1.56. The Labute approximate surface area is 208 Å². The molecule has 0 spiro atoms. The fourth-order valence-electron chi connectivity index (χ4n) is 4.40. The minimum absolute atomic E-state index is 0.163. The first kappa shape index (κ1) is 23.4. The molecule has 1 N–H and O–H groups in total. The molecule has 2 heterocycles. The number of carbonyl (C=O) groups excluding carboxylic acids is 2. The molecule has 1 unspecified atom stereocenters. The number of anilines is 1. The van der Waals surface area contributed by atoms with Crippen LogP contribution >= 0.6 is 0 Å². The predicted octanol–water partition coefficient (Wildman–Crippen LogP) is 3.71. The van der Waals surface area contributed by atoms with Crippen LogP contribution in [0.3, 0.4) is 0 Å². The summed E-state index contributed by atoms with van der Waals surface area (Å²) in [4.78, 5) is 27.7. The lowest BCUT2D eigenvalue weighted by atomic mass is 9.89. The summed E-state index contributed by atoms with van der Waals surface area (Å²) in [5, 5.41) is 11.4. The van der Waals surface area contributed by atoms with Gasteiger partial charge in [-0.2, -0.15) is 0 Å². The SMILES string of the molecule is COc1ccccc1OCCN1C(=O)C(O)(CC(=O)C=Cc2ccc3c(c2)OCO3)c2ccccc21. The molecule has 1 amide bonds. The molecule has 2 aliphatic rings. The van der Waals surface area contributed by atoms with E-state index in [0.29, 0.717) is 34.2 Å². The minimum atomic E-state index is -1.96. The highest BCUT2D eigenvalue weighted by Gasteiger charge is 2.50. The number of para-hydroxylation sites is 3. The third-order valence-corrected chi connectivity index (χ3v) is 6.17. The normalized spacial score (nSPS) is 17.9. The van der Waals surface area contributed by atoms with Crippen molar-refractivity contribution >= 4 is 23.5 Å². The molecule has 0 aromatic heterocycles. The van der Waals surface area contributed by atoms with Gasteiger partial charge >= 0.3 is 0 Å². The predicted molar refractivity (Wildman–Crippen MR) is 132 cm³/mol. The highest BCUT2D eigenvalue weighted by Crippen LogP contribution is 2.42. The quantitative estimate of drug-likeness (QED) is 0.460. The molecule has 8 nitrogen and oxygen atoms in total. The highest BCUT2D eigenvalue weighted by molar-refractivity contribution is 6.10. The lowest BCUT2D eigenvalue weighted by Gasteiger charge is -2.22. The number of ether oxygens (including phenoxy) is 4. The number of ketones is 1. The first-order chi connectivity index (χ1) is 17.5. The summed E-state index contributed by atoms with van der Waals surface area (Å²) in [6.07, 6.45) is 2.60. The van der Waals surface area contributed by atoms with Crippen molar-refractivity contribution in [1.82, 2.24) is 0 Å². The molecule has 0 radical (unpaired) electrons. The summed E-state index contributed by atoms with van der Waals surface area (Å²) in [6.45, 7) is 0.530. The van der Waals surface area contributed by atoms with Crippen LogP contribution in [0.25, 0.3) is 6.08 Å². The van der Waals surface area contributed by atoms with E-state index in [4.69, 9.17) is 18.9 Å². The monoisotopic (exact) mass is 487 g/mol. The Hall–Kier alpha value is -4.30. The molecular formula is C28H25NO7. The van der Waals surface area contributed by atoms with Crippen molar-refractivity contribution in [2.24, 2.45) is 0 Å². The molecule has 8 heteroatoms. The summed E-state index contributed by atoms with van der Waals surface area (Å²) in [5.41, 5.74) is -0.261. The highest BCUT2D eigenvalue weighted by atomic mass is 16.7. The number of nitrogens with zero attached hydrogens (tertiary/aromatic N) is 1. The van der Waals surface area contributed by atoms with Crippen LogP contribution in [0.4, 0.5) is 5.69 Å². The number of hydrogen-bond donors (Lipinski definition) is 1. The zero-order valence-electron chi connectivity index (χ0n) is 19.7. The van der Waals surface area contributed by atoms with Crippen LogP contribution in [-0.4, -0.2) is 43.9 Å². The van der Waals surface area contributed by atoms with Gasteiger partial charge in [0.25, 0.3) is 5.91 Å². The van der Waals surface area contributed by atoms with Gasteiger partial charge in [-0.1, -0.05) is 42.5 Å². The van der Waals surface area contributed by atoms with Gasteiger partial charge in [0.2, 0.25) is 6.79 Å². The average molecular weight is 488 g/mol. The molecule has 2 aliphatic heterocycles. The maximum atomic E-state index is 13.4. The lowest BCUT2D eigenvalue weighted by Crippen LogP contribution is -2.43. The second-order valence-corrected chi connectivity index (χ2v) is 8.42. The average Bonchev–Trinajstić information content (AvgIpc) is 3.45. The summed E-state index contributed by atoms with van der Waals surface area (Å²) < 4.78 is 21.8. The van der Waals surface area contributed by atoms with E-state index in [-0.39, 0.29) is 32.1 Å². The van der Waals surface area contributed by atoms with Crippen LogP contribution in [0.2, 0.25) is 0 Å². The minimum Gasteiger partial charge on any atom is -0.493 e. The zero-order chi connectivity index (χ0) is 25.1. The zero-order valence-corrected chi connectivity index (χ0v) is 19.7. The Morgan fingerprint density at radius 2 is 1.81 bits per heavy atom. The van der Waals surface area contributed by atoms with Gasteiger partial charge in [0, 0.05) is 5.56 Å². The maximum absolute atomic E-state index is 13.4. The molecule has 0 fully saturated rings. The number of rotatable bonds is 9. The van der Waals surface area contributed by atoms with Crippen LogP contribution in [0, 0.1) is 0 Å². The third-order valence-electron chi connectivity index (χ3n) is 6.17. The number of fused-ring (bicyclic) bond motifs is 2. The van der Waals surface area contributed by atoms with Gasteiger partial charge in [0.15, 0.2) is 34.4 Å². The third kappa shape index (κ3) is 4.38. The maximum Gasteiger partial charge on any atom is 0.264 e. The van der Waals surface area contributed by atoms with Crippen molar-refractivity contribution in [1.29, 1.82) is 0 Å². The van der Waals surface area contributed by atoms with E-state index in [9.17, 15) is 14.7 Å².